The Hall–Kier alpha value is -3.73. The molecule has 4 aromatic rings. The van der Waals surface area contributed by atoms with Crippen molar-refractivity contribution in [3.8, 4) is 17.2 Å². The van der Waals surface area contributed by atoms with Crippen LogP contribution in [0, 0.1) is 0 Å². The molecule has 2 aromatic carbocycles. The van der Waals surface area contributed by atoms with Crippen molar-refractivity contribution >= 4 is 26.8 Å². The molecular weight excluding hydrogens is 460 g/mol. The Balaban J connectivity index is 1.63. The second-order valence-corrected chi connectivity index (χ2v) is 9.49. The quantitative estimate of drug-likeness (QED) is 0.421. The van der Waals surface area contributed by atoms with Crippen LogP contribution < -0.4 is 18.9 Å². The number of nitrogens with zero attached hydrogens (tertiary/aromatic N) is 3. The second kappa shape index (κ2) is 8.56. The number of aromatic nitrogens is 3. The third-order valence-electron chi connectivity index (χ3n) is 6.05. The van der Waals surface area contributed by atoms with Crippen molar-refractivity contribution in [1.29, 1.82) is 0 Å². The van der Waals surface area contributed by atoms with Gasteiger partial charge >= 0.3 is 0 Å². The molecule has 1 N–H and O–H groups in total. The zero-order chi connectivity index (χ0) is 23.9. The topological polar surface area (TPSA) is 118 Å². The van der Waals surface area contributed by atoms with Gasteiger partial charge in [-0.1, -0.05) is 11.2 Å². The molecule has 34 heavy (non-hydrogen) atoms. The Labute approximate surface area is 196 Å². The summed E-state index contributed by atoms with van der Waals surface area (Å²) in [6.45, 7) is 0. The van der Waals surface area contributed by atoms with E-state index in [0.717, 1.165) is 30.4 Å². The molecule has 10 nitrogen and oxygen atoms in total. The molecule has 0 fully saturated rings. The average Bonchev–Trinajstić information content (AvgIpc) is 3.52. The van der Waals surface area contributed by atoms with Gasteiger partial charge < -0.3 is 18.7 Å². The van der Waals surface area contributed by atoms with Gasteiger partial charge in [-0.2, -0.15) is 5.10 Å². The number of hydrogen-bond acceptors (Lipinski definition) is 8. The van der Waals surface area contributed by atoms with E-state index in [-0.39, 0.29) is 28.3 Å². The monoisotopic (exact) mass is 484 g/mol. The van der Waals surface area contributed by atoms with Gasteiger partial charge in [0.2, 0.25) is 0 Å². The molecule has 0 bridgehead atoms. The summed E-state index contributed by atoms with van der Waals surface area (Å²) in [7, 11) is 0.199. The number of methoxy groups -OCH3 is 3. The van der Waals surface area contributed by atoms with Crippen molar-refractivity contribution in [1.82, 2.24) is 14.9 Å². The lowest BCUT2D eigenvalue weighted by atomic mass is 9.86. The zero-order valence-corrected chi connectivity index (χ0v) is 19.8. The fourth-order valence-electron chi connectivity index (χ4n) is 4.61. The Morgan fingerprint density at radius 3 is 2.53 bits per heavy atom. The van der Waals surface area contributed by atoms with Crippen LogP contribution >= 0.6 is 0 Å². The molecule has 0 saturated heterocycles. The Kier molecular flexibility index (Phi) is 5.56. The van der Waals surface area contributed by atoms with E-state index in [1.54, 1.807) is 31.5 Å². The van der Waals surface area contributed by atoms with E-state index >= 15 is 0 Å². The van der Waals surface area contributed by atoms with Crippen LogP contribution in [0.15, 0.2) is 52.1 Å². The molecule has 0 spiro atoms. The molecule has 11 heteroatoms. The van der Waals surface area contributed by atoms with Gasteiger partial charge in [0.15, 0.2) is 16.3 Å². The lowest BCUT2D eigenvalue weighted by Crippen LogP contribution is -2.19. The first-order chi connectivity index (χ1) is 16.5. The fraction of sp³-hybridized carbons (Fsp3) is 0.304. The number of fused-ring (bicyclic) bond motifs is 2. The third-order valence-corrected chi connectivity index (χ3v) is 7.45. The van der Waals surface area contributed by atoms with Crippen molar-refractivity contribution in [3.05, 3.63) is 53.9 Å². The number of anilines is 1. The molecule has 2 heterocycles. The maximum Gasteiger partial charge on any atom is 0.270 e. The van der Waals surface area contributed by atoms with E-state index in [4.69, 9.17) is 18.7 Å². The van der Waals surface area contributed by atoms with Crippen LogP contribution in [0.5, 0.6) is 17.2 Å². The smallest absolute Gasteiger partial charge is 0.270 e. The van der Waals surface area contributed by atoms with Crippen molar-refractivity contribution in [3.63, 3.8) is 0 Å². The van der Waals surface area contributed by atoms with Crippen LogP contribution in [-0.2, 0) is 16.4 Å². The van der Waals surface area contributed by atoms with E-state index in [2.05, 4.69) is 15.0 Å². The first kappa shape index (κ1) is 22.1. The number of sulfonamides is 1. The molecule has 1 aliphatic carbocycles. The number of benzene rings is 2. The van der Waals surface area contributed by atoms with Crippen LogP contribution in [0.25, 0.3) is 11.0 Å². The maximum atomic E-state index is 13.4. The zero-order valence-electron chi connectivity index (χ0n) is 18.9. The van der Waals surface area contributed by atoms with Crippen LogP contribution in [0.1, 0.15) is 30.0 Å². The lowest BCUT2D eigenvalue weighted by molar-refractivity contribution is 0.373. The predicted molar refractivity (Wildman–Crippen MR) is 124 cm³/mol. The van der Waals surface area contributed by atoms with Crippen LogP contribution in [0.2, 0.25) is 0 Å². The summed E-state index contributed by atoms with van der Waals surface area (Å²) in [6, 6.07) is 8.55. The van der Waals surface area contributed by atoms with Crippen molar-refractivity contribution in [2.75, 3.05) is 26.1 Å². The molecule has 5 rings (SSSR count). The minimum atomic E-state index is -4.14. The van der Waals surface area contributed by atoms with E-state index in [1.165, 1.54) is 14.2 Å². The van der Waals surface area contributed by atoms with E-state index < -0.39 is 10.0 Å². The lowest BCUT2D eigenvalue weighted by Gasteiger charge is -2.27. The first-order valence-corrected chi connectivity index (χ1v) is 12.2. The van der Waals surface area contributed by atoms with Crippen LogP contribution in [0.4, 0.5) is 5.82 Å². The highest BCUT2D eigenvalue weighted by molar-refractivity contribution is 7.93. The summed E-state index contributed by atoms with van der Waals surface area (Å²) in [5.74, 6) is 0.858. The van der Waals surface area contributed by atoms with E-state index in [9.17, 15) is 8.42 Å². The molecule has 0 amide bonds. The molecular formula is C23H24N4O6S. The van der Waals surface area contributed by atoms with Gasteiger partial charge in [0.05, 0.1) is 27.4 Å². The van der Waals surface area contributed by atoms with Gasteiger partial charge in [0.25, 0.3) is 10.0 Å². The van der Waals surface area contributed by atoms with Crippen LogP contribution in [0.3, 0.4) is 0 Å². The van der Waals surface area contributed by atoms with Gasteiger partial charge in [-0.15, -0.1) is 0 Å². The Bertz CT molecular complexity index is 1420. The van der Waals surface area contributed by atoms with Gasteiger partial charge in [0.1, 0.15) is 22.6 Å². The van der Waals surface area contributed by atoms with Crippen LogP contribution in [-0.4, -0.2) is 44.7 Å². The minimum Gasteiger partial charge on any atom is -0.496 e. The number of rotatable bonds is 7. The Morgan fingerprint density at radius 2 is 1.88 bits per heavy atom. The molecule has 1 atom stereocenters. The highest BCUT2D eigenvalue weighted by Gasteiger charge is 2.31. The molecule has 1 unspecified atom stereocenters. The van der Waals surface area contributed by atoms with Gasteiger partial charge in [-0.05, 0) is 49.1 Å². The molecule has 0 radical (unpaired) electrons. The third kappa shape index (κ3) is 3.52. The van der Waals surface area contributed by atoms with Crippen molar-refractivity contribution < 1.29 is 27.2 Å². The summed E-state index contributed by atoms with van der Waals surface area (Å²) in [6.07, 6.45) is 6.31. The SMILES string of the molecule is COc1cccc(OC)c1S(=O)(=O)Nc1noc2cc3c(c(OC)c12)CCCC3n1cccn1. The summed E-state index contributed by atoms with van der Waals surface area (Å²) in [5, 5.41) is 8.90. The number of ether oxygens (including phenoxy) is 3. The Morgan fingerprint density at radius 1 is 1.12 bits per heavy atom. The second-order valence-electron chi connectivity index (χ2n) is 7.87. The maximum absolute atomic E-state index is 13.4. The summed E-state index contributed by atoms with van der Waals surface area (Å²) in [4.78, 5) is -0.133. The summed E-state index contributed by atoms with van der Waals surface area (Å²) < 4.78 is 53.1. The summed E-state index contributed by atoms with van der Waals surface area (Å²) >= 11 is 0. The van der Waals surface area contributed by atoms with E-state index in [1.807, 2.05) is 23.0 Å². The minimum absolute atomic E-state index is 0.0279. The highest BCUT2D eigenvalue weighted by atomic mass is 32.2. The first-order valence-electron chi connectivity index (χ1n) is 10.7. The molecule has 2 aromatic heterocycles. The highest BCUT2D eigenvalue weighted by Crippen LogP contribution is 2.45. The van der Waals surface area contributed by atoms with Gasteiger partial charge in [-0.3, -0.25) is 9.40 Å². The summed E-state index contributed by atoms with van der Waals surface area (Å²) in [5.41, 5.74) is 2.43. The molecule has 0 saturated carbocycles. The van der Waals surface area contributed by atoms with E-state index in [0.29, 0.717) is 16.7 Å². The predicted octanol–water partition coefficient (Wildman–Crippen LogP) is 3.78. The van der Waals surface area contributed by atoms with Crippen molar-refractivity contribution in [2.45, 2.75) is 30.2 Å². The number of nitrogens with one attached hydrogen (secondary N) is 1. The fourth-order valence-corrected chi connectivity index (χ4v) is 5.94. The average molecular weight is 485 g/mol. The van der Waals surface area contributed by atoms with Gasteiger partial charge in [-0.25, -0.2) is 8.42 Å². The standard InChI is InChI=1S/C23H24N4O6S/c1-30-17-9-5-10-18(31-2)22(17)34(28,29)26-23-20-19(33-25-23)13-15-14(21(20)32-3)7-4-8-16(15)27-12-6-11-24-27/h5-6,9-13,16H,4,7-8H2,1-3H3,(H,25,26). The normalized spacial score (nSPS) is 15.7. The molecule has 0 aliphatic heterocycles. The molecule has 1 aliphatic rings. The molecule has 178 valence electrons. The number of hydrogen-bond donors (Lipinski definition) is 1. The largest absolute Gasteiger partial charge is 0.496 e. The van der Waals surface area contributed by atoms with Crippen molar-refractivity contribution in [2.24, 2.45) is 0 Å². The van der Waals surface area contributed by atoms with Gasteiger partial charge in [0, 0.05) is 18.0 Å².